The van der Waals surface area contributed by atoms with Gasteiger partial charge in [-0.1, -0.05) is 19.9 Å². The van der Waals surface area contributed by atoms with Gasteiger partial charge in [0.1, 0.15) is 13.2 Å². The number of rotatable bonds is 10. The summed E-state index contributed by atoms with van der Waals surface area (Å²) in [5, 5.41) is 0. The number of ether oxygens (including phenoxy) is 3. The maximum Gasteiger partial charge on any atom is 0.203 e. The molecule has 23 heavy (non-hydrogen) atoms. The van der Waals surface area contributed by atoms with Gasteiger partial charge in [0.2, 0.25) is 5.75 Å². The molecule has 0 N–H and O–H groups in total. The van der Waals surface area contributed by atoms with Gasteiger partial charge in [-0.3, -0.25) is 0 Å². The van der Waals surface area contributed by atoms with Gasteiger partial charge in [0.05, 0.1) is 6.61 Å². The summed E-state index contributed by atoms with van der Waals surface area (Å²) in [4.78, 5) is 2.54. The Morgan fingerprint density at radius 3 is 2.48 bits per heavy atom. The number of para-hydroxylation sites is 1. The van der Waals surface area contributed by atoms with Crippen molar-refractivity contribution in [3.63, 3.8) is 0 Å². The fraction of sp³-hybridized carbons (Fsp3) is 0.667. The largest absolute Gasteiger partial charge is 1.00 e. The lowest BCUT2D eigenvalue weighted by Gasteiger charge is -2.22. The smallest absolute Gasteiger partial charge is 0.203 e. The standard InChI is InChI=1S/C18H29NO3.ClH/c1-3-10-19(11-4-2)12-5-6-13-20-16-8-7-9-17-18(16)22-15-14-21-17;/h7-9H,3-6,10-15H2,1-2H3;1H/p-1. The highest BCUT2D eigenvalue weighted by atomic mass is 35.5. The summed E-state index contributed by atoms with van der Waals surface area (Å²) >= 11 is 0. The maximum atomic E-state index is 5.88. The molecule has 1 aromatic rings. The Bertz CT molecular complexity index is 436. The van der Waals surface area contributed by atoms with Crippen molar-refractivity contribution in [3.8, 4) is 17.2 Å². The molecular formula is C18H29ClNO3-. The number of fused-ring (bicyclic) bond motifs is 1. The molecule has 0 atom stereocenters. The van der Waals surface area contributed by atoms with Gasteiger partial charge in [0.15, 0.2) is 11.5 Å². The number of hydrogen-bond acceptors (Lipinski definition) is 4. The predicted octanol–water partition coefficient (Wildman–Crippen LogP) is 0.743. The van der Waals surface area contributed by atoms with Crippen LogP contribution in [0.1, 0.15) is 39.5 Å². The van der Waals surface area contributed by atoms with Crippen LogP contribution < -0.4 is 26.6 Å². The van der Waals surface area contributed by atoms with E-state index in [-0.39, 0.29) is 12.4 Å². The van der Waals surface area contributed by atoms with Crippen molar-refractivity contribution in [2.24, 2.45) is 0 Å². The van der Waals surface area contributed by atoms with E-state index >= 15 is 0 Å². The van der Waals surface area contributed by atoms with E-state index in [1.165, 1.54) is 32.4 Å². The zero-order chi connectivity index (χ0) is 15.6. The summed E-state index contributed by atoms with van der Waals surface area (Å²) in [6.45, 7) is 9.98. The Morgan fingerprint density at radius 2 is 1.74 bits per heavy atom. The molecular weight excluding hydrogens is 314 g/mol. The molecule has 132 valence electrons. The summed E-state index contributed by atoms with van der Waals surface area (Å²) in [5.74, 6) is 2.35. The molecule has 0 bridgehead atoms. The third kappa shape index (κ3) is 6.48. The Kier molecular flexibility index (Phi) is 9.88. The fourth-order valence-corrected chi connectivity index (χ4v) is 2.75. The molecule has 0 unspecified atom stereocenters. The quantitative estimate of drug-likeness (QED) is 0.587. The van der Waals surface area contributed by atoms with Crippen molar-refractivity contribution in [1.82, 2.24) is 4.90 Å². The second-order valence-electron chi connectivity index (χ2n) is 5.68. The Hall–Kier alpha value is -1.13. The molecule has 0 saturated heterocycles. The van der Waals surface area contributed by atoms with Crippen molar-refractivity contribution >= 4 is 0 Å². The molecule has 1 aliphatic rings. The SMILES string of the molecule is CCCN(CCC)CCCCOc1cccc2c1OCCO2.[Cl-]. The highest BCUT2D eigenvalue weighted by Crippen LogP contribution is 2.38. The monoisotopic (exact) mass is 342 g/mol. The van der Waals surface area contributed by atoms with Crippen molar-refractivity contribution < 1.29 is 26.6 Å². The molecule has 0 fully saturated rings. The molecule has 0 aromatic heterocycles. The number of nitrogens with zero attached hydrogens (tertiary/aromatic N) is 1. The first-order chi connectivity index (χ1) is 10.8. The molecule has 1 heterocycles. The molecule has 0 spiro atoms. The average Bonchev–Trinajstić information content (AvgIpc) is 2.55. The molecule has 1 aromatic carbocycles. The van der Waals surface area contributed by atoms with Crippen LogP contribution in [0.4, 0.5) is 0 Å². The number of benzene rings is 1. The lowest BCUT2D eigenvalue weighted by molar-refractivity contribution is -0.00000568. The lowest BCUT2D eigenvalue weighted by atomic mass is 10.2. The normalized spacial score (nSPS) is 12.8. The lowest BCUT2D eigenvalue weighted by Crippen LogP contribution is -3.00. The van der Waals surface area contributed by atoms with Gasteiger partial charge in [-0.2, -0.15) is 0 Å². The minimum atomic E-state index is 0. The number of hydrogen-bond donors (Lipinski definition) is 0. The van der Waals surface area contributed by atoms with Crippen molar-refractivity contribution in [3.05, 3.63) is 18.2 Å². The van der Waals surface area contributed by atoms with Gasteiger partial charge in [-0.15, -0.1) is 0 Å². The van der Waals surface area contributed by atoms with E-state index in [4.69, 9.17) is 14.2 Å². The van der Waals surface area contributed by atoms with Crippen LogP contribution in [0, 0.1) is 0 Å². The minimum absolute atomic E-state index is 0. The van der Waals surface area contributed by atoms with E-state index in [9.17, 15) is 0 Å². The first-order valence-electron chi connectivity index (χ1n) is 8.59. The van der Waals surface area contributed by atoms with Crippen LogP contribution >= 0.6 is 0 Å². The summed E-state index contributed by atoms with van der Waals surface area (Å²) in [7, 11) is 0. The van der Waals surface area contributed by atoms with Gasteiger partial charge in [-0.05, 0) is 57.5 Å². The zero-order valence-electron chi connectivity index (χ0n) is 14.4. The molecule has 1 aliphatic heterocycles. The first-order valence-corrected chi connectivity index (χ1v) is 8.59. The molecule has 0 saturated carbocycles. The topological polar surface area (TPSA) is 30.9 Å². The third-order valence-corrected chi connectivity index (χ3v) is 3.74. The maximum absolute atomic E-state index is 5.88. The molecule has 0 radical (unpaired) electrons. The van der Waals surface area contributed by atoms with Crippen molar-refractivity contribution in [1.29, 1.82) is 0 Å². The number of halogens is 1. The zero-order valence-corrected chi connectivity index (χ0v) is 15.1. The van der Waals surface area contributed by atoms with E-state index in [2.05, 4.69) is 18.7 Å². The Morgan fingerprint density at radius 1 is 1.00 bits per heavy atom. The van der Waals surface area contributed by atoms with Gasteiger partial charge in [0.25, 0.3) is 0 Å². The summed E-state index contributed by atoms with van der Waals surface area (Å²) in [6, 6.07) is 5.83. The van der Waals surface area contributed by atoms with E-state index in [1.807, 2.05) is 18.2 Å². The number of unbranched alkanes of at least 4 members (excludes halogenated alkanes) is 1. The second kappa shape index (κ2) is 11.4. The summed E-state index contributed by atoms with van der Waals surface area (Å²) in [6.07, 6.45) is 4.69. The van der Waals surface area contributed by atoms with Crippen LogP contribution in [0.25, 0.3) is 0 Å². The van der Waals surface area contributed by atoms with Crippen molar-refractivity contribution in [2.45, 2.75) is 39.5 Å². The van der Waals surface area contributed by atoms with Gasteiger partial charge in [-0.25, -0.2) is 0 Å². The summed E-state index contributed by atoms with van der Waals surface area (Å²) in [5.41, 5.74) is 0. The molecule has 5 heteroatoms. The van der Waals surface area contributed by atoms with Crippen LogP contribution in [0.5, 0.6) is 17.2 Å². The van der Waals surface area contributed by atoms with Crippen LogP contribution in [-0.2, 0) is 0 Å². The second-order valence-corrected chi connectivity index (χ2v) is 5.68. The van der Waals surface area contributed by atoms with Crippen LogP contribution in [0.15, 0.2) is 18.2 Å². The van der Waals surface area contributed by atoms with Gasteiger partial charge >= 0.3 is 0 Å². The third-order valence-electron chi connectivity index (χ3n) is 3.74. The Balaban J connectivity index is 0.00000264. The highest BCUT2D eigenvalue weighted by Gasteiger charge is 2.16. The van der Waals surface area contributed by atoms with Gasteiger partial charge in [0, 0.05) is 0 Å². The van der Waals surface area contributed by atoms with Crippen LogP contribution in [0.2, 0.25) is 0 Å². The first kappa shape index (κ1) is 19.9. The van der Waals surface area contributed by atoms with Crippen LogP contribution in [0.3, 0.4) is 0 Å². The summed E-state index contributed by atoms with van der Waals surface area (Å²) < 4.78 is 17.1. The fourth-order valence-electron chi connectivity index (χ4n) is 2.75. The average molecular weight is 343 g/mol. The predicted molar refractivity (Wildman–Crippen MR) is 89.2 cm³/mol. The highest BCUT2D eigenvalue weighted by molar-refractivity contribution is 5.51. The Labute approximate surface area is 146 Å². The van der Waals surface area contributed by atoms with E-state index in [0.717, 1.165) is 36.8 Å². The molecule has 4 nitrogen and oxygen atoms in total. The van der Waals surface area contributed by atoms with E-state index < -0.39 is 0 Å². The van der Waals surface area contributed by atoms with E-state index in [0.29, 0.717) is 13.2 Å². The molecule has 2 rings (SSSR count). The van der Waals surface area contributed by atoms with Crippen molar-refractivity contribution in [2.75, 3.05) is 39.5 Å². The molecule has 0 amide bonds. The van der Waals surface area contributed by atoms with Gasteiger partial charge < -0.3 is 31.5 Å². The molecule has 0 aliphatic carbocycles. The van der Waals surface area contributed by atoms with Crippen LogP contribution in [-0.4, -0.2) is 44.4 Å². The van der Waals surface area contributed by atoms with E-state index in [1.54, 1.807) is 0 Å². The minimum Gasteiger partial charge on any atom is -1.00 e.